The van der Waals surface area contributed by atoms with E-state index in [2.05, 4.69) is 16.2 Å². The normalized spacial score (nSPS) is 11.3. The summed E-state index contributed by atoms with van der Waals surface area (Å²) in [5.74, 6) is 0.364. The summed E-state index contributed by atoms with van der Waals surface area (Å²) in [5, 5.41) is 3.23. The Kier molecular flexibility index (Phi) is 6.08. The van der Waals surface area contributed by atoms with Crippen molar-refractivity contribution >= 4 is 23.2 Å². The molecule has 6 heteroatoms. The first-order chi connectivity index (χ1) is 9.02. The van der Waals surface area contributed by atoms with Gasteiger partial charge in [0.1, 0.15) is 5.75 Å². The molecule has 0 radical (unpaired) electrons. The largest absolute Gasteiger partial charge is 0.481 e. The Morgan fingerprint density at radius 3 is 2.53 bits per heavy atom. The van der Waals surface area contributed by atoms with Crippen LogP contribution in [0.1, 0.15) is 19.4 Å². The van der Waals surface area contributed by atoms with Crippen LogP contribution >= 0.6 is 12.2 Å². The van der Waals surface area contributed by atoms with Crippen LogP contribution in [-0.4, -0.2) is 23.7 Å². The van der Waals surface area contributed by atoms with E-state index < -0.39 is 6.10 Å². The monoisotopic (exact) mass is 281 g/mol. The molecule has 3 N–H and O–H groups in total. The van der Waals surface area contributed by atoms with Crippen LogP contribution in [-0.2, 0) is 4.79 Å². The average molecular weight is 281 g/mol. The van der Waals surface area contributed by atoms with Gasteiger partial charge in [0.25, 0.3) is 5.91 Å². The van der Waals surface area contributed by atoms with Crippen molar-refractivity contribution in [2.75, 3.05) is 6.54 Å². The minimum atomic E-state index is -0.611. The highest BCUT2D eigenvalue weighted by molar-refractivity contribution is 7.80. The molecular formula is C13H19N3O2S. The molecule has 0 fully saturated rings. The summed E-state index contributed by atoms with van der Waals surface area (Å²) < 4.78 is 5.51. The number of hydrogen-bond acceptors (Lipinski definition) is 3. The van der Waals surface area contributed by atoms with Crippen molar-refractivity contribution in [3.05, 3.63) is 29.8 Å². The molecule has 19 heavy (non-hydrogen) atoms. The summed E-state index contributed by atoms with van der Waals surface area (Å²) in [4.78, 5) is 11.7. The van der Waals surface area contributed by atoms with Crippen LogP contribution in [0.3, 0.4) is 0 Å². The zero-order valence-electron chi connectivity index (χ0n) is 11.3. The molecule has 1 aromatic rings. The van der Waals surface area contributed by atoms with E-state index in [1.54, 1.807) is 6.92 Å². The maximum Gasteiger partial charge on any atom is 0.279 e. The van der Waals surface area contributed by atoms with Gasteiger partial charge in [-0.25, -0.2) is 0 Å². The summed E-state index contributed by atoms with van der Waals surface area (Å²) >= 11 is 4.92. The molecule has 0 aliphatic carbocycles. The Labute approximate surface area is 118 Å². The van der Waals surface area contributed by atoms with Crippen molar-refractivity contribution in [1.29, 1.82) is 0 Å². The Morgan fingerprint density at radius 2 is 1.95 bits per heavy atom. The van der Waals surface area contributed by atoms with Crippen LogP contribution in [0, 0.1) is 6.92 Å². The van der Waals surface area contributed by atoms with Gasteiger partial charge < -0.3 is 10.1 Å². The number of ether oxygens (including phenoxy) is 1. The third-order valence-electron chi connectivity index (χ3n) is 2.34. The van der Waals surface area contributed by atoms with Crippen LogP contribution in [0.4, 0.5) is 0 Å². The number of thiocarbonyl (C=S) groups is 1. The SMILES string of the molecule is CCNC(=S)NNC(=O)C(C)Oc1ccc(C)cc1. The smallest absolute Gasteiger partial charge is 0.279 e. The highest BCUT2D eigenvalue weighted by Crippen LogP contribution is 2.13. The van der Waals surface area contributed by atoms with Gasteiger partial charge in [0.2, 0.25) is 0 Å². The van der Waals surface area contributed by atoms with Gasteiger partial charge >= 0.3 is 0 Å². The molecule has 1 atom stereocenters. The van der Waals surface area contributed by atoms with Crippen molar-refractivity contribution in [3.8, 4) is 5.75 Å². The topological polar surface area (TPSA) is 62.4 Å². The van der Waals surface area contributed by atoms with Crippen molar-refractivity contribution in [1.82, 2.24) is 16.2 Å². The Balaban J connectivity index is 2.40. The number of aryl methyl sites for hydroxylation is 1. The van der Waals surface area contributed by atoms with Gasteiger partial charge in [-0.15, -0.1) is 0 Å². The second kappa shape index (κ2) is 7.58. The standard InChI is InChI=1S/C13H19N3O2S/c1-4-14-13(19)16-15-12(17)10(3)18-11-7-5-9(2)6-8-11/h5-8,10H,4H2,1-3H3,(H,15,17)(H2,14,16,19). The highest BCUT2D eigenvalue weighted by atomic mass is 32.1. The average Bonchev–Trinajstić information content (AvgIpc) is 2.39. The molecule has 1 unspecified atom stereocenters. The summed E-state index contributed by atoms with van der Waals surface area (Å²) in [7, 11) is 0. The first-order valence-corrected chi connectivity index (χ1v) is 6.50. The zero-order valence-corrected chi connectivity index (χ0v) is 12.1. The summed E-state index contributed by atoms with van der Waals surface area (Å²) in [6, 6.07) is 7.52. The lowest BCUT2D eigenvalue weighted by molar-refractivity contribution is -0.127. The van der Waals surface area contributed by atoms with Gasteiger partial charge in [0.15, 0.2) is 11.2 Å². The molecule has 0 aliphatic rings. The second-order valence-corrected chi connectivity index (χ2v) is 4.46. The van der Waals surface area contributed by atoms with Crippen LogP contribution in [0.25, 0.3) is 0 Å². The molecule has 0 spiro atoms. The molecule has 1 rings (SSSR count). The van der Waals surface area contributed by atoms with E-state index >= 15 is 0 Å². The third kappa shape index (κ3) is 5.56. The predicted molar refractivity (Wildman–Crippen MR) is 78.8 cm³/mol. The number of hydrazine groups is 1. The molecule has 0 aromatic heterocycles. The molecule has 0 bridgehead atoms. The number of nitrogens with one attached hydrogen (secondary N) is 3. The van der Waals surface area contributed by atoms with Crippen LogP contribution in [0.5, 0.6) is 5.75 Å². The second-order valence-electron chi connectivity index (χ2n) is 4.05. The zero-order chi connectivity index (χ0) is 14.3. The summed E-state index contributed by atoms with van der Waals surface area (Å²) in [5.41, 5.74) is 6.22. The van der Waals surface area contributed by atoms with Crippen molar-refractivity contribution in [2.45, 2.75) is 26.9 Å². The van der Waals surface area contributed by atoms with Gasteiger partial charge in [-0.2, -0.15) is 0 Å². The molecule has 0 heterocycles. The molecule has 1 amide bonds. The number of amides is 1. The molecule has 5 nitrogen and oxygen atoms in total. The Morgan fingerprint density at radius 1 is 1.32 bits per heavy atom. The fourth-order valence-corrected chi connectivity index (χ4v) is 1.49. The van der Waals surface area contributed by atoms with E-state index in [0.29, 0.717) is 17.4 Å². The van der Waals surface area contributed by atoms with Crippen molar-refractivity contribution in [3.63, 3.8) is 0 Å². The molecule has 0 aliphatic heterocycles. The lowest BCUT2D eigenvalue weighted by Gasteiger charge is -2.16. The predicted octanol–water partition coefficient (Wildman–Crippen LogP) is 1.28. The lowest BCUT2D eigenvalue weighted by atomic mass is 10.2. The third-order valence-corrected chi connectivity index (χ3v) is 2.59. The maximum absolute atomic E-state index is 11.7. The molecule has 0 saturated carbocycles. The number of carbonyl (C=O) groups excluding carboxylic acids is 1. The first-order valence-electron chi connectivity index (χ1n) is 6.10. The van der Waals surface area contributed by atoms with Gasteiger partial charge in [-0.3, -0.25) is 15.6 Å². The molecule has 104 valence electrons. The van der Waals surface area contributed by atoms with Gasteiger partial charge in [-0.1, -0.05) is 17.7 Å². The number of hydrogen-bond donors (Lipinski definition) is 3. The van der Waals surface area contributed by atoms with E-state index in [1.807, 2.05) is 38.1 Å². The summed E-state index contributed by atoms with van der Waals surface area (Å²) in [6.45, 7) is 6.27. The lowest BCUT2D eigenvalue weighted by Crippen LogP contribution is -2.50. The minimum Gasteiger partial charge on any atom is -0.481 e. The van der Waals surface area contributed by atoms with E-state index in [-0.39, 0.29) is 5.91 Å². The molecule has 0 saturated heterocycles. The number of carbonyl (C=O) groups is 1. The van der Waals surface area contributed by atoms with Gasteiger partial charge in [0.05, 0.1) is 0 Å². The molecular weight excluding hydrogens is 262 g/mol. The van der Waals surface area contributed by atoms with Crippen molar-refractivity contribution in [2.24, 2.45) is 0 Å². The van der Waals surface area contributed by atoms with Crippen LogP contribution < -0.4 is 20.9 Å². The number of rotatable bonds is 4. The minimum absolute atomic E-state index is 0.291. The maximum atomic E-state index is 11.7. The van der Waals surface area contributed by atoms with Crippen LogP contribution in [0.15, 0.2) is 24.3 Å². The van der Waals surface area contributed by atoms with Crippen LogP contribution in [0.2, 0.25) is 0 Å². The van der Waals surface area contributed by atoms with E-state index in [4.69, 9.17) is 17.0 Å². The Bertz CT molecular complexity index is 434. The fraction of sp³-hybridized carbons (Fsp3) is 0.385. The van der Waals surface area contributed by atoms with E-state index in [0.717, 1.165) is 5.56 Å². The van der Waals surface area contributed by atoms with Crippen molar-refractivity contribution < 1.29 is 9.53 Å². The quantitative estimate of drug-likeness (QED) is 0.573. The Hall–Kier alpha value is -1.82. The van der Waals surface area contributed by atoms with E-state index in [1.165, 1.54) is 0 Å². The fourth-order valence-electron chi connectivity index (χ4n) is 1.30. The number of benzene rings is 1. The van der Waals surface area contributed by atoms with Gasteiger partial charge in [0, 0.05) is 6.54 Å². The summed E-state index contributed by atoms with van der Waals surface area (Å²) in [6.07, 6.45) is -0.611. The highest BCUT2D eigenvalue weighted by Gasteiger charge is 2.14. The van der Waals surface area contributed by atoms with E-state index in [9.17, 15) is 4.79 Å². The molecule has 1 aromatic carbocycles. The first kappa shape index (κ1) is 15.2. The van der Waals surface area contributed by atoms with Gasteiger partial charge in [-0.05, 0) is 45.1 Å².